The SMILES string of the molecule is Cn1cc(N2Cc3cccc(N)c3C2)cn1. The van der Waals surface area contributed by atoms with E-state index in [4.69, 9.17) is 5.73 Å². The molecule has 0 unspecified atom stereocenters. The van der Waals surface area contributed by atoms with Gasteiger partial charge in [0.05, 0.1) is 11.9 Å². The fourth-order valence-corrected chi connectivity index (χ4v) is 2.20. The van der Waals surface area contributed by atoms with Gasteiger partial charge in [0.2, 0.25) is 0 Å². The van der Waals surface area contributed by atoms with E-state index in [1.54, 1.807) is 0 Å². The summed E-state index contributed by atoms with van der Waals surface area (Å²) in [4.78, 5) is 2.29. The molecule has 1 aliphatic rings. The molecule has 0 radical (unpaired) electrons. The Kier molecular flexibility index (Phi) is 1.89. The lowest BCUT2D eigenvalue weighted by molar-refractivity contribution is 0.766. The topological polar surface area (TPSA) is 47.1 Å². The molecule has 1 aromatic heterocycles. The van der Waals surface area contributed by atoms with Gasteiger partial charge in [-0.15, -0.1) is 0 Å². The maximum Gasteiger partial charge on any atom is 0.0758 e. The van der Waals surface area contributed by atoms with E-state index in [0.717, 1.165) is 24.5 Å². The molecule has 4 heteroatoms. The van der Waals surface area contributed by atoms with Crippen molar-refractivity contribution in [3.8, 4) is 0 Å². The molecule has 3 rings (SSSR count). The molecule has 0 atom stereocenters. The molecule has 16 heavy (non-hydrogen) atoms. The summed E-state index contributed by atoms with van der Waals surface area (Å²) in [5.41, 5.74) is 10.6. The number of nitrogen functional groups attached to an aromatic ring is 1. The van der Waals surface area contributed by atoms with Crippen LogP contribution in [0.25, 0.3) is 0 Å². The highest BCUT2D eigenvalue weighted by atomic mass is 15.3. The van der Waals surface area contributed by atoms with Crippen molar-refractivity contribution in [2.45, 2.75) is 13.1 Å². The Morgan fingerprint density at radius 3 is 2.88 bits per heavy atom. The van der Waals surface area contributed by atoms with Gasteiger partial charge in [-0.05, 0) is 17.2 Å². The molecule has 0 bridgehead atoms. The summed E-state index contributed by atoms with van der Waals surface area (Å²) in [6, 6.07) is 6.12. The van der Waals surface area contributed by atoms with Crippen LogP contribution in [0.4, 0.5) is 11.4 Å². The van der Waals surface area contributed by atoms with Crippen molar-refractivity contribution in [2.24, 2.45) is 7.05 Å². The minimum Gasteiger partial charge on any atom is -0.398 e. The quantitative estimate of drug-likeness (QED) is 0.732. The monoisotopic (exact) mass is 214 g/mol. The van der Waals surface area contributed by atoms with Gasteiger partial charge in [-0.1, -0.05) is 12.1 Å². The summed E-state index contributed by atoms with van der Waals surface area (Å²) in [7, 11) is 1.93. The third kappa shape index (κ3) is 1.34. The Labute approximate surface area is 94.3 Å². The van der Waals surface area contributed by atoms with E-state index in [2.05, 4.69) is 16.1 Å². The molecule has 4 nitrogen and oxygen atoms in total. The van der Waals surface area contributed by atoms with E-state index < -0.39 is 0 Å². The average molecular weight is 214 g/mol. The third-order valence-electron chi connectivity index (χ3n) is 3.08. The number of benzene rings is 1. The summed E-state index contributed by atoms with van der Waals surface area (Å²) in [5.74, 6) is 0. The highest BCUT2D eigenvalue weighted by Gasteiger charge is 2.21. The van der Waals surface area contributed by atoms with E-state index in [1.807, 2.05) is 36.3 Å². The lowest BCUT2D eigenvalue weighted by Gasteiger charge is -2.14. The average Bonchev–Trinajstić information content (AvgIpc) is 2.84. The number of anilines is 2. The number of rotatable bonds is 1. The van der Waals surface area contributed by atoms with Crippen molar-refractivity contribution in [1.29, 1.82) is 0 Å². The number of nitrogens with two attached hydrogens (primary N) is 1. The predicted molar refractivity (Wildman–Crippen MR) is 63.9 cm³/mol. The first kappa shape index (κ1) is 9.27. The van der Waals surface area contributed by atoms with E-state index in [1.165, 1.54) is 11.1 Å². The first-order valence-corrected chi connectivity index (χ1v) is 5.34. The fourth-order valence-electron chi connectivity index (χ4n) is 2.20. The summed E-state index contributed by atoms with van der Waals surface area (Å²) in [6.45, 7) is 1.81. The van der Waals surface area contributed by atoms with Gasteiger partial charge in [-0.25, -0.2) is 0 Å². The van der Waals surface area contributed by atoms with Gasteiger partial charge < -0.3 is 10.6 Å². The first-order chi connectivity index (χ1) is 7.74. The summed E-state index contributed by atoms with van der Waals surface area (Å²) in [5, 5.41) is 4.19. The van der Waals surface area contributed by atoms with Crippen molar-refractivity contribution >= 4 is 11.4 Å². The van der Waals surface area contributed by atoms with Gasteiger partial charge in [-0.3, -0.25) is 4.68 Å². The maximum absolute atomic E-state index is 5.97. The Morgan fingerprint density at radius 2 is 2.19 bits per heavy atom. The Bertz CT molecular complexity index is 530. The van der Waals surface area contributed by atoms with E-state index in [-0.39, 0.29) is 0 Å². The first-order valence-electron chi connectivity index (χ1n) is 5.34. The molecule has 1 aromatic carbocycles. The van der Waals surface area contributed by atoms with Crippen LogP contribution < -0.4 is 10.6 Å². The zero-order valence-electron chi connectivity index (χ0n) is 9.22. The number of nitrogens with zero attached hydrogens (tertiary/aromatic N) is 3. The molecule has 82 valence electrons. The standard InChI is InChI=1S/C12H14N4/c1-15-7-10(5-14-15)16-6-9-3-2-4-12(13)11(9)8-16/h2-5,7H,6,8,13H2,1H3. The second-order valence-corrected chi connectivity index (χ2v) is 4.21. The van der Waals surface area contributed by atoms with Crippen molar-refractivity contribution in [3.05, 3.63) is 41.7 Å². The van der Waals surface area contributed by atoms with Crippen molar-refractivity contribution in [3.63, 3.8) is 0 Å². The molecular formula is C12H14N4. The summed E-state index contributed by atoms with van der Waals surface area (Å²) in [6.07, 6.45) is 3.92. The van der Waals surface area contributed by atoms with Gasteiger partial charge in [0.15, 0.2) is 0 Å². The lowest BCUT2D eigenvalue weighted by atomic mass is 10.1. The second-order valence-electron chi connectivity index (χ2n) is 4.21. The third-order valence-corrected chi connectivity index (χ3v) is 3.08. The molecule has 0 saturated carbocycles. The smallest absolute Gasteiger partial charge is 0.0758 e. The predicted octanol–water partition coefficient (Wildman–Crippen LogP) is 1.52. The Hall–Kier alpha value is -1.97. The molecule has 2 N–H and O–H groups in total. The van der Waals surface area contributed by atoms with Crippen LogP contribution in [0, 0.1) is 0 Å². The highest BCUT2D eigenvalue weighted by molar-refractivity contribution is 5.58. The van der Waals surface area contributed by atoms with Gasteiger partial charge in [0.1, 0.15) is 0 Å². The van der Waals surface area contributed by atoms with E-state index >= 15 is 0 Å². The number of aryl methyl sites for hydroxylation is 1. The maximum atomic E-state index is 5.97. The minimum atomic E-state index is 0.883. The number of hydrogen-bond acceptors (Lipinski definition) is 3. The van der Waals surface area contributed by atoms with Crippen LogP contribution in [0.5, 0.6) is 0 Å². The Morgan fingerprint density at radius 1 is 1.31 bits per heavy atom. The van der Waals surface area contributed by atoms with Crippen molar-refractivity contribution < 1.29 is 0 Å². The molecule has 0 amide bonds. The lowest BCUT2D eigenvalue weighted by Crippen LogP contribution is -2.13. The van der Waals surface area contributed by atoms with Crippen LogP contribution in [-0.2, 0) is 20.1 Å². The van der Waals surface area contributed by atoms with Crippen LogP contribution in [-0.4, -0.2) is 9.78 Å². The van der Waals surface area contributed by atoms with Crippen LogP contribution in [0.1, 0.15) is 11.1 Å². The van der Waals surface area contributed by atoms with Crippen LogP contribution >= 0.6 is 0 Å². The van der Waals surface area contributed by atoms with Gasteiger partial charge in [0.25, 0.3) is 0 Å². The highest BCUT2D eigenvalue weighted by Crippen LogP contribution is 2.30. The number of hydrogen-bond donors (Lipinski definition) is 1. The fraction of sp³-hybridized carbons (Fsp3) is 0.250. The van der Waals surface area contributed by atoms with Gasteiger partial charge >= 0.3 is 0 Å². The molecule has 0 aliphatic carbocycles. The molecular weight excluding hydrogens is 200 g/mol. The number of fused-ring (bicyclic) bond motifs is 1. The molecule has 0 spiro atoms. The van der Waals surface area contributed by atoms with Crippen LogP contribution in [0.3, 0.4) is 0 Å². The molecule has 2 heterocycles. The van der Waals surface area contributed by atoms with Crippen molar-refractivity contribution in [1.82, 2.24) is 9.78 Å². The summed E-state index contributed by atoms with van der Waals surface area (Å²) < 4.78 is 1.82. The molecule has 2 aromatic rings. The van der Waals surface area contributed by atoms with Crippen LogP contribution in [0.15, 0.2) is 30.6 Å². The number of aromatic nitrogens is 2. The molecule has 0 saturated heterocycles. The zero-order chi connectivity index (χ0) is 11.1. The van der Waals surface area contributed by atoms with Gasteiger partial charge in [0, 0.05) is 32.0 Å². The second kappa shape index (κ2) is 3.27. The normalized spacial score (nSPS) is 14.2. The minimum absolute atomic E-state index is 0.883. The van der Waals surface area contributed by atoms with Crippen LogP contribution in [0.2, 0.25) is 0 Å². The van der Waals surface area contributed by atoms with Gasteiger partial charge in [-0.2, -0.15) is 5.10 Å². The van der Waals surface area contributed by atoms with E-state index in [0.29, 0.717) is 0 Å². The molecule has 0 fully saturated rings. The molecule has 1 aliphatic heterocycles. The van der Waals surface area contributed by atoms with Crippen molar-refractivity contribution in [2.75, 3.05) is 10.6 Å². The Balaban J connectivity index is 1.93. The summed E-state index contributed by atoms with van der Waals surface area (Å²) >= 11 is 0. The largest absolute Gasteiger partial charge is 0.398 e. The zero-order valence-corrected chi connectivity index (χ0v) is 9.22. The van der Waals surface area contributed by atoms with E-state index in [9.17, 15) is 0 Å².